The molecule has 2 rings (SSSR count). The first-order chi connectivity index (χ1) is 5.77. The molecule has 0 unspecified atom stereocenters. The van der Waals surface area contributed by atoms with Gasteiger partial charge in [0, 0.05) is 15.9 Å². The molecule has 0 amide bonds. The van der Waals surface area contributed by atoms with Crippen molar-refractivity contribution >= 4 is 31.7 Å². The largest absolute Gasteiger partial charge is 0.335 e. The highest BCUT2D eigenvalue weighted by Gasteiger charge is 2.06. The number of benzene rings is 1. The van der Waals surface area contributed by atoms with Gasteiger partial charge < -0.3 is 4.98 Å². The van der Waals surface area contributed by atoms with Crippen molar-refractivity contribution in [2.24, 2.45) is 0 Å². The van der Waals surface area contributed by atoms with Gasteiger partial charge in [0.05, 0.1) is 11.0 Å². The molecule has 60 valence electrons. The molecular formula is C8H5BrN2O. The van der Waals surface area contributed by atoms with Gasteiger partial charge in [-0.25, -0.2) is 4.98 Å². The third-order valence-electron chi connectivity index (χ3n) is 1.58. The molecule has 0 fully saturated rings. The lowest BCUT2D eigenvalue weighted by atomic mass is 10.3. The molecule has 0 saturated carbocycles. The highest BCUT2D eigenvalue weighted by Crippen LogP contribution is 2.11. The van der Waals surface area contributed by atoms with Crippen LogP contribution in [0.15, 0.2) is 24.3 Å². The number of rotatable bonds is 1. The van der Waals surface area contributed by atoms with Crippen LogP contribution in [0.4, 0.5) is 0 Å². The average molecular weight is 225 g/mol. The monoisotopic (exact) mass is 224 g/mol. The highest BCUT2D eigenvalue weighted by atomic mass is 79.9. The van der Waals surface area contributed by atoms with Crippen molar-refractivity contribution in [1.82, 2.24) is 9.97 Å². The number of hydrogen-bond acceptors (Lipinski definition) is 2. The van der Waals surface area contributed by atoms with Gasteiger partial charge in [-0.2, -0.15) is 0 Å². The molecule has 0 aliphatic heterocycles. The molecule has 0 bridgehead atoms. The quantitative estimate of drug-likeness (QED) is 0.755. The maximum atomic E-state index is 10.8. The lowest BCUT2D eigenvalue weighted by molar-refractivity contribution is 0.108. The van der Waals surface area contributed by atoms with Crippen LogP contribution < -0.4 is 0 Å². The second-order valence-electron chi connectivity index (χ2n) is 2.38. The summed E-state index contributed by atoms with van der Waals surface area (Å²) in [6.07, 6.45) is 0. The number of imidazole rings is 1. The van der Waals surface area contributed by atoms with E-state index in [-0.39, 0.29) is 4.69 Å². The van der Waals surface area contributed by atoms with Crippen molar-refractivity contribution in [3.63, 3.8) is 0 Å². The summed E-state index contributed by atoms with van der Waals surface area (Å²) in [5.74, 6) is 0.344. The Morgan fingerprint density at radius 2 is 2.17 bits per heavy atom. The second-order valence-corrected chi connectivity index (χ2v) is 3.10. The first-order valence-electron chi connectivity index (χ1n) is 3.42. The second kappa shape index (κ2) is 2.71. The Morgan fingerprint density at radius 1 is 1.42 bits per heavy atom. The van der Waals surface area contributed by atoms with Crippen molar-refractivity contribution in [3.05, 3.63) is 30.1 Å². The van der Waals surface area contributed by atoms with E-state index in [1.54, 1.807) is 0 Å². The maximum Gasteiger partial charge on any atom is 0.263 e. The minimum absolute atomic E-state index is 0.223. The van der Waals surface area contributed by atoms with Crippen molar-refractivity contribution < 1.29 is 4.79 Å². The predicted octanol–water partition coefficient (Wildman–Crippen LogP) is 2.10. The molecule has 0 saturated heterocycles. The molecule has 2 aromatic rings. The van der Waals surface area contributed by atoms with Gasteiger partial charge in [0.15, 0.2) is 5.82 Å². The Bertz CT molecular complexity index is 402. The molecule has 0 aliphatic rings. The topological polar surface area (TPSA) is 45.8 Å². The van der Waals surface area contributed by atoms with E-state index in [4.69, 9.17) is 0 Å². The Hall–Kier alpha value is -1.16. The van der Waals surface area contributed by atoms with Crippen molar-refractivity contribution in [3.8, 4) is 0 Å². The van der Waals surface area contributed by atoms with Crippen LogP contribution in [0.5, 0.6) is 0 Å². The summed E-state index contributed by atoms with van der Waals surface area (Å²) in [6, 6.07) is 7.50. The fourth-order valence-electron chi connectivity index (χ4n) is 1.05. The zero-order valence-corrected chi connectivity index (χ0v) is 7.63. The van der Waals surface area contributed by atoms with Crippen LogP contribution >= 0.6 is 15.9 Å². The Balaban J connectivity index is 2.70. The average Bonchev–Trinajstić information content (AvgIpc) is 2.46. The summed E-state index contributed by atoms with van der Waals surface area (Å²) in [6.45, 7) is 0. The Labute approximate surface area is 76.9 Å². The van der Waals surface area contributed by atoms with Crippen LogP contribution in [-0.2, 0) is 0 Å². The number of aromatic nitrogens is 2. The fraction of sp³-hybridized carbons (Fsp3) is 0. The van der Waals surface area contributed by atoms with Crippen LogP contribution in [0, 0.1) is 0 Å². The van der Waals surface area contributed by atoms with Gasteiger partial charge in [-0.3, -0.25) is 4.79 Å². The van der Waals surface area contributed by atoms with E-state index >= 15 is 0 Å². The molecule has 0 aliphatic carbocycles. The molecule has 0 atom stereocenters. The summed E-state index contributed by atoms with van der Waals surface area (Å²) < 4.78 is -0.223. The highest BCUT2D eigenvalue weighted by molar-refractivity contribution is 9.18. The van der Waals surface area contributed by atoms with Crippen molar-refractivity contribution in [1.29, 1.82) is 0 Å². The number of carbonyl (C=O) groups is 1. The van der Waals surface area contributed by atoms with Gasteiger partial charge in [-0.15, -0.1) is 0 Å². The summed E-state index contributed by atoms with van der Waals surface area (Å²) in [4.78, 5) is 17.8. The Morgan fingerprint density at radius 3 is 2.83 bits per heavy atom. The number of nitrogens with one attached hydrogen (secondary N) is 1. The molecule has 0 spiro atoms. The molecule has 3 nitrogen and oxygen atoms in total. The molecule has 0 radical (unpaired) electrons. The van der Waals surface area contributed by atoms with Crippen molar-refractivity contribution in [2.45, 2.75) is 0 Å². The number of fused-ring (bicyclic) bond motifs is 1. The number of nitrogens with zero attached hydrogens (tertiary/aromatic N) is 1. The minimum Gasteiger partial charge on any atom is -0.335 e. The van der Waals surface area contributed by atoms with Gasteiger partial charge in [0.2, 0.25) is 0 Å². The molecule has 1 aromatic heterocycles. The predicted molar refractivity (Wildman–Crippen MR) is 49.4 cm³/mol. The van der Waals surface area contributed by atoms with E-state index in [0.717, 1.165) is 11.0 Å². The molecule has 1 N–H and O–H groups in total. The zero-order valence-electron chi connectivity index (χ0n) is 6.04. The first-order valence-corrected chi connectivity index (χ1v) is 4.21. The number of halogens is 1. The number of hydrogen-bond donors (Lipinski definition) is 1. The van der Waals surface area contributed by atoms with Gasteiger partial charge in [-0.1, -0.05) is 12.1 Å². The van der Waals surface area contributed by atoms with Gasteiger partial charge in [0.25, 0.3) is 4.69 Å². The van der Waals surface area contributed by atoms with E-state index < -0.39 is 0 Å². The Kier molecular flexibility index (Phi) is 1.69. The summed E-state index contributed by atoms with van der Waals surface area (Å²) in [5, 5.41) is 0. The molecule has 12 heavy (non-hydrogen) atoms. The van der Waals surface area contributed by atoms with Gasteiger partial charge in [0.1, 0.15) is 0 Å². The molecule has 1 heterocycles. The van der Waals surface area contributed by atoms with Crippen LogP contribution in [0.1, 0.15) is 10.6 Å². The zero-order chi connectivity index (χ0) is 8.55. The fourth-order valence-corrected chi connectivity index (χ4v) is 1.23. The van der Waals surface area contributed by atoms with Crippen molar-refractivity contribution in [2.75, 3.05) is 0 Å². The molecular weight excluding hydrogens is 220 g/mol. The first kappa shape index (κ1) is 7.49. The van der Waals surface area contributed by atoms with Crippen LogP contribution in [0.3, 0.4) is 0 Å². The van der Waals surface area contributed by atoms with Gasteiger partial charge >= 0.3 is 0 Å². The van der Waals surface area contributed by atoms with E-state index in [9.17, 15) is 4.79 Å². The summed E-state index contributed by atoms with van der Waals surface area (Å²) >= 11 is 2.83. The number of H-pyrrole nitrogens is 1. The maximum absolute atomic E-state index is 10.8. The third-order valence-corrected chi connectivity index (χ3v) is 1.95. The van der Waals surface area contributed by atoms with E-state index in [1.807, 2.05) is 24.3 Å². The van der Waals surface area contributed by atoms with Crippen LogP contribution in [-0.4, -0.2) is 14.7 Å². The van der Waals surface area contributed by atoms with E-state index in [1.165, 1.54) is 0 Å². The van der Waals surface area contributed by atoms with Gasteiger partial charge in [-0.05, 0) is 12.1 Å². The smallest absolute Gasteiger partial charge is 0.263 e. The number of carbonyl (C=O) groups excluding carboxylic acids is 1. The molecule has 4 heteroatoms. The number of para-hydroxylation sites is 2. The molecule has 1 aromatic carbocycles. The number of aromatic amines is 1. The lowest BCUT2D eigenvalue weighted by Crippen LogP contribution is -1.89. The SMILES string of the molecule is O=C(Br)c1nc2ccccc2[nH]1. The standard InChI is InChI=1S/C8H5BrN2O/c9-7(12)8-10-5-3-1-2-4-6(5)11-8/h1-4H,(H,10,11). The normalized spacial score (nSPS) is 10.4. The minimum atomic E-state index is -0.223. The third kappa shape index (κ3) is 1.14. The summed E-state index contributed by atoms with van der Waals surface area (Å²) in [5.41, 5.74) is 1.68. The summed E-state index contributed by atoms with van der Waals surface area (Å²) in [7, 11) is 0. The van der Waals surface area contributed by atoms with E-state index in [0.29, 0.717) is 5.82 Å². The van der Waals surface area contributed by atoms with E-state index in [2.05, 4.69) is 25.9 Å². The van der Waals surface area contributed by atoms with Crippen LogP contribution in [0.25, 0.3) is 11.0 Å². The van der Waals surface area contributed by atoms with Crippen LogP contribution in [0.2, 0.25) is 0 Å². The lowest BCUT2D eigenvalue weighted by Gasteiger charge is -1.81.